The summed E-state index contributed by atoms with van der Waals surface area (Å²) in [5, 5.41) is 0. The lowest BCUT2D eigenvalue weighted by atomic mass is 10.1. The second-order valence-corrected chi connectivity index (χ2v) is 3.70. The number of fused-ring (bicyclic) bond motifs is 1. The van der Waals surface area contributed by atoms with Gasteiger partial charge in [-0.15, -0.1) is 11.6 Å². The highest BCUT2D eigenvalue weighted by atomic mass is 35.5. The summed E-state index contributed by atoms with van der Waals surface area (Å²) in [4.78, 5) is 11.3. The van der Waals surface area contributed by atoms with E-state index in [-0.39, 0.29) is 11.9 Å². The third-order valence-corrected chi connectivity index (χ3v) is 2.58. The van der Waals surface area contributed by atoms with Crippen molar-refractivity contribution < 1.29 is 14.3 Å². The zero-order valence-corrected chi connectivity index (χ0v) is 9.08. The summed E-state index contributed by atoms with van der Waals surface area (Å²) in [5.74, 6) is 1.45. The Morgan fingerprint density at radius 2 is 2.40 bits per heavy atom. The SMILES string of the molecule is CC(=O)c1cccc2c1OC(CCl)CO2. The fraction of sp³-hybridized carbons (Fsp3) is 0.364. The second-order valence-electron chi connectivity index (χ2n) is 3.39. The Balaban J connectivity index is 2.40. The van der Waals surface area contributed by atoms with Crippen molar-refractivity contribution in [1.82, 2.24) is 0 Å². The fourth-order valence-corrected chi connectivity index (χ4v) is 1.64. The third kappa shape index (κ3) is 1.92. The number of hydrogen-bond acceptors (Lipinski definition) is 3. The van der Waals surface area contributed by atoms with Crippen molar-refractivity contribution in [3.8, 4) is 11.5 Å². The molecular formula is C11H11ClO3. The summed E-state index contributed by atoms with van der Waals surface area (Å²) in [6.45, 7) is 1.93. The second kappa shape index (κ2) is 4.11. The molecule has 2 rings (SSSR count). The van der Waals surface area contributed by atoms with Crippen molar-refractivity contribution in [3.05, 3.63) is 23.8 Å². The Hall–Kier alpha value is -1.22. The molecule has 4 heteroatoms. The lowest BCUT2D eigenvalue weighted by Crippen LogP contribution is -2.31. The van der Waals surface area contributed by atoms with Crippen LogP contribution < -0.4 is 9.47 Å². The Bertz CT molecular complexity index is 389. The molecule has 0 bridgehead atoms. The zero-order chi connectivity index (χ0) is 10.8. The van der Waals surface area contributed by atoms with Crippen LogP contribution in [0.1, 0.15) is 17.3 Å². The van der Waals surface area contributed by atoms with Crippen molar-refractivity contribution >= 4 is 17.4 Å². The molecule has 0 radical (unpaired) electrons. The zero-order valence-electron chi connectivity index (χ0n) is 8.33. The summed E-state index contributed by atoms with van der Waals surface area (Å²) in [5.41, 5.74) is 0.544. The van der Waals surface area contributed by atoms with Gasteiger partial charge in [-0.1, -0.05) is 6.07 Å². The third-order valence-electron chi connectivity index (χ3n) is 2.24. The quantitative estimate of drug-likeness (QED) is 0.573. The molecule has 15 heavy (non-hydrogen) atoms. The maximum Gasteiger partial charge on any atom is 0.172 e. The van der Waals surface area contributed by atoms with E-state index in [1.54, 1.807) is 18.2 Å². The first-order chi connectivity index (χ1) is 7.22. The maximum atomic E-state index is 11.3. The van der Waals surface area contributed by atoms with Crippen LogP contribution in [0.25, 0.3) is 0 Å². The molecule has 0 aromatic heterocycles. The number of ether oxygens (including phenoxy) is 2. The maximum absolute atomic E-state index is 11.3. The van der Waals surface area contributed by atoms with Gasteiger partial charge >= 0.3 is 0 Å². The fourth-order valence-electron chi connectivity index (χ4n) is 1.49. The van der Waals surface area contributed by atoms with Crippen LogP contribution in [0.3, 0.4) is 0 Å². The predicted octanol–water partition coefficient (Wildman–Crippen LogP) is 2.27. The number of Topliss-reactive ketones (excluding diaryl/α,β-unsaturated/α-hetero) is 1. The van der Waals surface area contributed by atoms with Crippen molar-refractivity contribution in [2.24, 2.45) is 0 Å². The van der Waals surface area contributed by atoms with Crippen LogP contribution in [0.5, 0.6) is 11.5 Å². The van der Waals surface area contributed by atoms with Gasteiger partial charge in [0.05, 0.1) is 11.4 Å². The van der Waals surface area contributed by atoms with E-state index in [4.69, 9.17) is 21.1 Å². The highest BCUT2D eigenvalue weighted by molar-refractivity contribution is 6.18. The number of alkyl halides is 1. The van der Waals surface area contributed by atoms with E-state index in [1.165, 1.54) is 6.92 Å². The lowest BCUT2D eigenvalue weighted by Gasteiger charge is -2.26. The van der Waals surface area contributed by atoms with E-state index in [0.717, 1.165) is 0 Å². The average molecular weight is 227 g/mol. The molecule has 0 fully saturated rings. The van der Waals surface area contributed by atoms with E-state index in [9.17, 15) is 4.79 Å². The monoisotopic (exact) mass is 226 g/mol. The number of carbonyl (C=O) groups is 1. The van der Waals surface area contributed by atoms with Crippen LogP contribution in [0.4, 0.5) is 0 Å². The number of halogens is 1. The van der Waals surface area contributed by atoms with E-state index < -0.39 is 0 Å². The van der Waals surface area contributed by atoms with Gasteiger partial charge in [-0.2, -0.15) is 0 Å². The molecule has 1 aliphatic heterocycles. The summed E-state index contributed by atoms with van der Waals surface area (Å²) in [6, 6.07) is 5.29. The molecule has 0 spiro atoms. The molecule has 1 aromatic rings. The van der Waals surface area contributed by atoms with Crippen molar-refractivity contribution in [2.75, 3.05) is 12.5 Å². The van der Waals surface area contributed by atoms with E-state index in [2.05, 4.69) is 0 Å². The lowest BCUT2D eigenvalue weighted by molar-refractivity contribution is 0.0946. The van der Waals surface area contributed by atoms with Gasteiger partial charge in [0.2, 0.25) is 0 Å². The molecule has 0 N–H and O–H groups in total. The van der Waals surface area contributed by atoms with Crippen LogP contribution in [0.2, 0.25) is 0 Å². The van der Waals surface area contributed by atoms with Gasteiger partial charge in [-0.25, -0.2) is 0 Å². The molecule has 1 aliphatic rings. The average Bonchev–Trinajstić information content (AvgIpc) is 2.27. The summed E-state index contributed by atoms with van der Waals surface area (Å²) in [7, 11) is 0. The number of para-hydroxylation sites is 1. The molecule has 0 amide bonds. The van der Waals surface area contributed by atoms with Gasteiger partial charge in [-0.3, -0.25) is 4.79 Å². The first kappa shape index (κ1) is 10.3. The molecule has 0 saturated heterocycles. The van der Waals surface area contributed by atoms with Crippen LogP contribution in [0.15, 0.2) is 18.2 Å². The Morgan fingerprint density at radius 1 is 1.60 bits per heavy atom. The van der Waals surface area contributed by atoms with E-state index in [0.29, 0.717) is 29.5 Å². The first-order valence-corrected chi connectivity index (χ1v) is 5.25. The minimum absolute atomic E-state index is 0.0364. The molecule has 0 aliphatic carbocycles. The molecular weight excluding hydrogens is 216 g/mol. The van der Waals surface area contributed by atoms with Crippen LogP contribution in [0, 0.1) is 0 Å². The largest absolute Gasteiger partial charge is 0.486 e. The van der Waals surface area contributed by atoms with E-state index >= 15 is 0 Å². The van der Waals surface area contributed by atoms with Gasteiger partial charge < -0.3 is 9.47 Å². The summed E-state index contributed by atoms with van der Waals surface area (Å²) >= 11 is 5.69. The van der Waals surface area contributed by atoms with Crippen LogP contribution in [-0.2, 0) is 0 Å². The van der Waals surface area contributed by atoms with Gasteiger partial charge in [0.25, 0.3) is 0 Å². The molecule has 1 aromatic carbocycles. The number of rotatable bonds is 2. The van der Waals surface area contributed by atoms with Crippen LogP contribution >= 0.6 is 11.6 Å². The molecule has 3 nitrogen and oxygen atoms in total. The Labute approximate surface area is 92.9 Å². The molecule has 80 valence electrons. The smallest absolute Gasteiger partial charge is 0.172 e. The number of carbonyl (C=O) groups excluding carboxylic acids is 1. The molecule has 1 atom stereocenters. The Kier molecular flexibility index (Phi) is 2.82. The highest BCUT2D eigenvalue weighted by Crippen LogP contribution is 2.35. The van der Waals surface area contributed by atoms with Gasteiger partial charge in [0.1, 0.15) is 12.7 Å². The van der Waals surface area contributed by atoms with Crippen molar-refractivity contribution in [1.29, 1.82) is 0 Å². The highest BCUT2D eigenvalue weighted by Gasteiger charge is 2.23. The minimum Gasteiger partial charge on any atom is -0.486 e. The van der Waals surface area contributed by atoms with E-state index in [1.807, 2.05) is 0 Å². The number of ketones is 1. The molecule has 0 saturated carbocycles. The van der Waals surface area contributed by atoms with Crippen molar-refractivity contribution in [2.45, 2.75) is 13.0 Å². The van der Waals surface area contributed by atoms with Gasteiger partial charge in [-0.05, 0) is 19.1 Å². The van der Waals surface area contributed by atoms with Crippen molar-refractivity contribution in [3.63, 3.8) is 0 Å². The van der Waals surface area contributed by atoms with Crippen LogP contribution in [-0.4, -0.2) is 24.4 Å². The molecule has 1 heterocycles. The molecule has 1 unspecified atom stereocenters. The van der Waals surface area contributed by atoms with Gasteiger partial charge in [0.15, 0.2) is 17.3 Å². The summed E-state index contributed by atoms with van der Waals surface area (Å²) < 4.78 is 11.1. The number of hydrogen-bond donors (Lipinski definition) is 0. The summed E-state index contributed by atoms with van der Waals surface area (Å²) in [6.07, 6.45) is -0.181. The standard InChI is InChI=1S/C11H11ClO3/c1-7(13)9-3-2-4-10-11(9)15-8(5-12)6-14-10/h2-4,8H,5-6H2,1H3. The normalized spacial score (nSPS) is 18.7. The topological polar surface area (TPSA) is 35.5 Å². The predicted molar refractivity (Wildman–Crippen MR) is 57.1 cm³/mol. The Morgan fingerprint density at radius 3 is 3.07 bits per heavy atom. The number of benzene rings is 1. The first-order valence-electron chi connectivity index (χ1n) is 4.71. The minimum atomic E-state index is -0.181. The van der Waals surface area contributed by atoms with Gasteiger partial charge in [0, 0.05) is 0 Å².